The molecule has 10 nitrogen and oxygen atoms in total. The van der Waals surface area contributed by atoms with Gasteiger partial charge in [-0.3, -0.25) is 14.0 Å². The molecule has 1 aromatic rings. The zero-order chi connectivity index (χ0) is 17.2. The molecule has 5 N–H and O–H groups in total. The molecule has 1 fully saturated rings. The minimum atomic E-state index is -4.92. The van der Waals surface area contributed by atoms with Crippen LogP contribution in [0.3, 0.4) is 0 Å². The first kappa shape index (κ1) is 20.9. The lowest BCUT2D eigenvalue weighted by Crippen LogP contribution is -3.17. The van der Waals surface area contributed by atoms with Crippen LogP contribution in [0.15, 0.2) is 30.3 Å². The van der Waals surface area contributed by atoms with E-state index in [4.69, 9.17) is 35.0 Å². The molecule has 1 aromatic carbocycles. The molecule has 1 aliphatic heterocycles. The Labute approximate surface area is 128 Å². The van der Waals surface area contributed by atoms with E-state index in [1.807, 2.05) is 0 Å². The van der Waals surface area contributed by atoms with Crippen molar-refractivity contribution in [3.05, 3.63) is 30.3 Å². The Morgan fingerprint density at radius 3 is 1.64 bits per heavy atom. The Morgan fingerprint density at radius 1 is 0.909 bits per heavy atom. The number of hydrogen-bond acceptors (Lipinski definition) is 6. The van der Waals surface area contributed by atoms with Crippen LogP contribution in [0, 0.1) is 0 Å². The van der Waals surface area contributed by atoms with Crippen LogP contribution < -0.4 is 10.2 Å². The topological polar surface area (TPSA) is 176 Å². The third-order valence-electron chi connectivity index (χ3n) is 2.48. The van der Waals surface area contributed by atoms with Gasteiger partial charge in [-0.2, -0.15) is 0 Å². The van der Waals surface area contributed by atoms with Crippen molar-refractivity contribution in [3.8, 4) is 0 Å². The Bertz CT molecular complexity index is 566. The Balaban J connectivity index is 0.000000372. The van der Waals surface area contributed by atoms with Gasteiger partial charge in [-0.05, 0) is 12.1 Å². The number of benzene rings is 1. The molecule has 0 aliphatic carbocycles. The van der Waals surface area contributed by atoms with Gasteiger partial charge in [0, 0.05) is 0 Å². The van der Waals surface area contributed by atoms with Gasteiger partial charge in [0.05, 0.1) is 0 Å². The number of nitrogens with one attached hydrogen (secondary N) is 1. The van der Waals surface area contributed by atoms with E-state index in [1.54, 1.807) is 4.90 Å². The molecule has 0 unspecified atom stereocenters. The summed E-state index contributed by atoms with van der Waals surface area (Å²) >= 11 is 0. The Kier molecular flexibility index (Phi) is 9.31. The summed E-state index contributed by atoms with van der Waals surface area (Å²) in [5.41, 5.74) is 1.45. The molecule has 22 heavy (non-hydrogen) atoms. The van der Waals surface area contributed by atoms with Crippen LogP contribution in [0.4, 0.5) is 5.69 Å². The maximum atomic E-state index is 8.63. The van der Waals surface area contributed by atoms with Crippen molar-refractivity contribution in [2.24, 2.45) is 0 Å². The van der Waals surface area contributed by atoms with E-state index in [1.165, 1.54) is 31.9 Å². The molecule has 0 amide bonds. The predicted octanol–water partition coefficient (Wildman–Crippen LogP) is -3.21. The average molecular weight is 358 g/mol. The lowest BCUT2D eigenvalue weighted by atomic mass is 10.2. The number of para-hydroxylation sites is 1. The smallest absolute Gasteiger partial charge is 0.215 e. The van der Waals surface area contributed by atoms with Gasteiger partial charge in [-0.1, -0.05) is 18.2 Å². The van der Waals surface area contributed by atoms with Crippen molar-refractivity contribution in [1.29, 1.82) is 0 Å². The van der Waals surface area contributed by atoms with Gasteiger partial charge in [-0.15, -0.1) is 0 Å². The van der Waals surface area contributed by atoms with Crippen LogP contribution in [0.2, 0.25) is 0 Å². The highest BCUT2D eigenvalue weighted by Gasteiger charge is 2.16. The molecule has 2 rings (SSSR count). The van der Waals surface area contributed by atoms with Gasteiger partial charge >= 0.3 is 0 Å². The normalized spacial score (nSPS) is 15.8. The van der Waals surface area contributed by atoms with E-state index in [0.29, 0.717) is 0 Å². The van der Waals surface area contributed by atoms with Crippen molar-refractivity contribution in [1.82, 2.24) is 0 Å². The van der Waals surface area contributed by atoms with E-state index >= 15 is 0 Å². The SMILES string of the molecule is O=S(=O)([O-])O.O=S(=O)([O-])O.c1ccc([NH+]2CC[NH2+]CC2)cc1. The van der Waals surface area contributed by atoms with Crippen molar-refractivity contribution in [2.75, 3.05) is 26.2 Å². The van der Waals surface area contributed by atoms with Gasteiger partial charge in [0.2, 0.25) is 20.8 Å². The quantitative estimate of drug-likeness (QED) is 0.299. The third-order valence-corrected chi connectivity index (χ3v) is 2.48. The van der Waals surface area contributed by atoms with Gasteiger partial charge in [0.1, 0.15) is 31.9 Å². The lowest BCUT2D eigenvalue weighted by Gasteiger charge is -2.21. The second-order valence-corrected chi connectivity index (χ2v) is 5.90. The highest BCUT2D eigenvalue weighted by atomic mass is 32.3. The molecule has 0 saturated carbocycles. The minimum absolute atomic E-state index is 1.27. The Hall–Kier alpha value is -1.12. The largest absolute Gasteiger partial charge is 0.726 e. The van der Waals surface area contributed by atoms with Crippen molar-refractivity contribution in [3.63, 3.8) is 0 Å². The first-order chi connectivity index (χ1) is 9.97. The van der Waals surface area contributed by atoms with Crippen molar-refractivity contribution < 1.29 is 45.3 Å². The third kappa shape index (κ3) is 16.9. The molecule has 0 spiro atoms. The molecule has 128 valence electrons. The predicted molar refractivity (Wildman–Crippen MR) is 73.1 cm³/mol. The summed E-state index contributed by atoms with van der Waals surface area (Å²) in [5.74, 6) is 0. The summed E-state index contributed by atoms with van der Waals surface area (Å²) in [4.78, 5) is 1.64. The van der Waals surface area contributed by atoms with Crippen molar-refractivity contribution in [2.45, 2.75) is 0 Å². The van der Waals surface area contributed by atoms with Crippen molar-refractivity contribution >= 4 is 26.5 Å². The molecule has 1 saturated heterocycles. The first-order valence-corrected chi connectivity index (χ1v) is 8.78. The number of nitrogens with two attached hydrogens (primary N) is 1. The van der Waals surface area contributed by atoms with Gasteiger partial charge in [-0.25, -0.2) is 16.8 Å². The van der Waals surface area contributed by atoms with E-state index in [-0.39, 0.29) is 0 Å². The fourth-order valence-corrected chi connectivity index (χ4v) is 1.78. The maximum Gasteiger partial charge on any atom is 0.215 e. The van der Waals surface area contributed by atoms with E-state index in [2.05, 4.69) is 35.6 Å². The molecule has 12 heteroatoms. The molecule has 0 aromatic heterocycles. The maximum absolute atomic E-state index is 8.63. The molecular formula is C10H18N2O8S2. The summed E-state index contributed by atoms with van der Waals surface area (Å²) in [6.07, 6.45) is 0. The van der Waals surface area contributed by atoms with Crippen LogP contribution in [-0.2, 0) is 20.8 Å². The van der Waals surface area contributed by atoms with Gasteiger partial charge in [0.15, 0.2) is 0 Å². The fourth-order valence-electron chi connectivity index (χ4n) is 1.78. The monoisotopic (exact) mass is 358 g/mol. The average Bonchev–Trinajstić information content (AvgIpc) is 2.37. The lowest BCUT2D eigenvalue weighted by molar-refractivity contribution is -0.895. The summed E-state index contributed by atoms with van der Waals surface area (Å²) in [5, 5.41) is 2.40. The zero-order valence-electron chi connectivity index (χ0n) is 11.5. The van der Waals surface area contributed by atoms with Crippen LogP contribution in [0.1, 0.15) is 0 Å². The standard InChI is InChI=1S/C10H14N2.2H2O4S/c1-2-4-10(5-3-1)12-8-6-11-7-9-12;2*1-5(2,3)4/h1-5,11H,6-9H2;2*(H2,1,2,3,4). The molecular weight excluding hydrogens is 340 g/mol. The number of hydrogen-bond donors (Lipinski definition) is 4. The molecule has 1 aliphatic rings. The minimum Gasteiger partial charge on any atom is -0.726 e. The molecule has 0 atom stereocenters. The van der Waals surface area contributed by atoms with Crippen LogP contribution >= 0.6 is 0 Å². The second kappa shape index (κ2) is 9.81. The Morgan fingerprint density at radius 2 is 1.27 bits per heavy atom. The van der Waals surface area contributed by atoms with E-state index in [9.17, 15) is 0 Å². The zero-order valence-corrected chi connectivity index (χ0v) is 13.1. The van der Waals surface area contributed by atoms with Crippen LogP contribution in [0.25, 0.3) is 0 Å². The molecule has 0 bridgehead atoms. The van der Waals surface area contributed by atoms with Gasteiger partial charge in [0.25, 0.3) is 0 Å². The van der Waals surface area contributed by atoms with Gasteiger partial charge < -0.3 is 14.4 Å². The summed E-state index contributed by atoms with van der Waals surface area (Å²) in [6, 6.07) is 10.8. The first-order valence-electron chi connectivity index (χ1n) is 6.05. The molecule has 1 heterocycles. The van der Waals surface area contributed by atoms with Crippen LogP contribution in [0.5, 0.6) is 0 Å². The number of rotatable bonds is 1. The van der Waals surface area contributed by atoms with Crippen LogP contribution in [-0.4, -0.2) is 61.2 Å². The second-order valence-electron chi connectivity index (χ2n) is 4.19. The fraction of sp³-hybridized carbons (Fsp3) is 0.400. The summed E-state index contributed by atoms with van der Waals surface area (Å²) < 4.78 is 65.7. The highest BCUT2D eigenvalue weighted by Crippen LogP contribution is 1.97. The summed E-state index contributed by atoms with van der Waals surface area (Å²) in [6.45, 7) is 5.07. The highest BCUT2D eigenvalue weighted by molar-refractivity contribution is 7.80. The van der Waals surface area contributed by atoms with E-state index < -0.39 is 20.8 Å². The van der Waals surface area contributed by atoms with E-state index in [0.717, 1.165) is 0 Å². The molecule has 0 radical (unpaired) electrons. The number of piperazine rings is 1. The number of quaternary nitrogens is 2. The summed E-state index contributed by atoms with van der Waals surface area (Å²) in [7, 11) is -9.83.